The molecule has 2 heterocycles. The molecule has 0 radical (unpaired) electrons. The molecule has 0 aliphatic carbocycles. The Bertz CT molecular complexity index is 1400. The zero-order valence-electron chi connectivity index (χ0n) is 18.5. The lowest BCUT2D eigenvalue weighted by molar-refractivity contribution is 0.247. The van der Waals surface area contributed by atoms with Gasteiger partial charge >= 0.3 is 0 Å². The second kappa shape index (κ2) is 9.28. The second-order valence-electron chi connectivity index (χ2n) is 8.24. The van der Waals surface area contributed by atoms with E-state index in [1.807, 2.05) is 30.3 Å². The number of sulfonamides is 1. The molecule has 0 unspecified atom stereocenters. The summed E-state index contributed by atoms with van der Waals surface area (Å²) in [5.41, 5.74) is 1.94. The largest absolute Gasteiger partial charge is 0.508 e. The first-order valence-electron chi connectivity index (χ1n) is 11.1. The van der Waals surface area contributed by atoms with E-state index in [2.05, 4.69) is 36.6 Å². The van der Waals surface area contributed by atoms with Gasteiger partial charge in [-0.2, -0.15) is 0 Å². The van der Waals surface area contributed by atoms with Crippen LogP contribution in [0.5, 0.6) is 5.75 Å². The molecule has 3 aromatic carbocycles. The fourth-order valence-corrected chi connectivity index (χ4v) is 5.27. The van der Waals surface area contributed by atoms with Gasteiger partial charge in [0, 0.05) is 53.0 Å². The Morgan fingerprint density at radius 3 is 2.44 bits per heavy atom. The highest BCUT2D eigenvalue weighted by Gasteiger charge is 2.21. The molecule has 0 atom stereocenters. The Morgan fingerprint density at radius 2 is 1.71 bits per heavy atom. The van der Waals surface area contributed by atoms with E-state index in [0.717, 1.165) is 48.2 Å². The van der Waals surface area contributed by atoms with Crippen LogP contribution in [0.1, 0.15) is 8.42 Å². The molecular weight excluding hydrogens is 450 g/mol. The minimum Gasteiger partial charge on any atom is -0.508 e. The molecule has 0 saturated carbocycles. The van der Waals surface area contributed by atoms with E-state index in [0.29, 0.717) is 12.3 Å². The first-order chi connectivity index (χ1) is 16.5. The summed E-state index contributed by atoms with van der Waals surface area (Å²) in [7, 11) is -3.72. The number of anilines is 2. The average Bonchev–Trinajstić information content (AvgIpc) is 2.87. The van der Waals surface area contributed by atoms with Crippen LogP contribution in [0.15, 0.2) is 84.1 Å². The van der Waals surface area contributed by atoms with Crippen molar-refractivity contribution >= 4 is 32.3 Å². The minimum absolute atomic E-state index is 0. The number of fused-ring (bicyclic) bond motifs is 1. The maximum absolute atomic E-state index is 12.6. The Hall–Kier alpha value is -3.69. The van der Waals surface area contributed by atoms with Crippen LogP contribution in [0, 0.1) is 0 Å². The van der Waals surface area contributed by atoms with Gasteiger partial charge in [0.2, 0.25) is 0 Å². The van der Waals surface area contributed by atoms with Crippen LogP contribution in [0.4, 0.5) is 11.5 Å². The molecule has 2 N–H and O–H groups in total. The van der Waals surface area contributed by atoms with E-state index >= 15 is 0 Å². The van der Waals surface area contributed by atoms with Crippen molar-refractivity contribution < 1.29 is 16.4 Å². The van der Waals surface area contributed by atoms with E-state index in [4.69, 9.17) is 0 Å². The quantitative estimate of drug-likeness (QED) is 0.432. The van der Waals surface area contributed by atoms with Crippen molar-refractivity contribution in [3.8, 4) is 5.75 Å². The van der Waals surface area contributed by atoms with Crippen LogP contribution in [0.3, 0.4) is 0 Å². The predicted molar refractivity (Wildman–Crippen MR) is 137 cm³/mol. The Balaban J connectivity index is 0.00000180. The fraction of sp³-hybridized carbons (Fsp3) is 0.200. The summed E-state index contributed by atoms with van der Waals surface area (Å²) < 4.78 is 27.7. The highest BCUT2D eigenvalue weighted by atomic mass is 32.2. The molecule has 0 spiro atoms. The minimum atomic E-state index is -3.72. The first-order valence-corrected chi connectivity index (χ1v) is 12.5. The molecule has 0 amide bonds. The van der Waals surface area contributed by atoms with Gasteiger partial charge in [-0.1, -0.05) is 30.3 Å². The number of rotatable bonds is 6. The zero-order valence-corrected chi connectivity index (χ0v) is 19.3. The van der Waals surface area contributed by atoms with Gasteiger partial charge < -0.3 is 10.0 Å². The summed E-state index contributed by atoms with van der Waals surface area (Å²) in [5.74, 6) is 0.556. The molecule has 5 rings (SSSR count). The van der Waals surface area contributed by atoms with Crippen molar-refractivity contribution in [2.75, 3.05) is 35.8 Å². The van der Waals surface area contributed by atoms with Crippen LogP contribution in [0.25, 0.3) is 10.8 Å². The fourth-order valence-electron chi connectivity index (χ4n) is 4.26. The molecule has 1 aliphatic rings. The predicted octanol–water partition coefficient (Wildman–Crippen LogP) is 3.95. The summed E-state index contributed by atoms with van der Waals surface area (Å²) in [6.45, 7) is 4.01. The van der Waals surface area contributed by atoms with Gasteiger partial charge in [0.05, 0.1) is 4.90 Å². The third kappa shape index (κ3) is 4.66. The monoisotopic (exact) mass is 479 g/mol. The summed E-state index contributed by atoms with van der Waals surface area (Å²) >= 11 is 0. The van der Waals surface area contributed by atoms with Crippen LogP contribution in [0.2, 0.25) is 0 Å². The number of nitrogens with zero attached hydrogens (tertiary/aromatic N) is 4. The van der Waals surface area contributed by atoms with Gasteiger partial charge in [0.15, 0.2) is 0 Å². The summed E-state index contributed by atoms with van der Waals surface area (Å²) in [6, 6.07) is 20.2. The molecule has 34 heavy (non-hydrogen) atoms. The number of hydrogen-bond acceptors (Lipinski definition) is 7. The average molecular weight is 480 g/mol. The molecule has 1 fully saturated rings. The lowest BCUT2D eigenvalue weighted by atomic mass is 10.0. The summed E-state index contributed by atoms with van der Waals surface area (Å²) in [5, 5.41) is 12.7. The van der Waals surface area contributed by atoms with E-state index in [-0.39, 0.29) is 13.6 Å². The second-order valence-corrected chi connectivity index (χ2v) is 9.92. The molecule has 8 nitrogen and oxygen atoms in total. The van der Waals surface area contributed by atoms with Crippen LogP contribution in [-0.2, 0) is 16.6 Å². The molecule has 1 saturated heterocycles. The van der Waals surface area contributed by atoms with E-state index in [9.17, 15) is 13.5 Å². The smallest absolute Gasteiger partial charge is 0.263 e. The number of nitrogens with one attached hydrogen (secondary N) is 1. The molecule has 178 valence electrons. The van der Waals surface area contributed by atoms with Gasteiger partial charge in [-0.05, 0) is 47.2 Å². The van der Waals surface area contributed by atoms with Crippen molar-refractivity contribution in [1.82, 2.24) is 14.9 Å². The Morgan fingerprint density at radius 1 is 0.941 bits per heavy atom. The van der Waals surface area contributed by atoms with Gasteiger partial charge in [0.25, 0.3) is 10.0 Å². The number of piperazine rings is 1. The van der Waals surface area contributed by atoms with Gasteiger partial charge in [-0.15, -0.1) is 0 Å². The van der Waals surface area contributed by atoms with E-state index < -0.39 is 10.0 Å². The van der Waals surface area contributed by atoms with Crippen LogP contribution >= 0.6 is 0 Å². The summed E-state index contributed by atoms with van der Waals surface area (Å²) in [6.07, 6.45) is 2.78. The SMILES string of the molecule is O=S(=O)(Nc1ccncn1)c1ccc(N2CCN(Cc3c(O)ccc4ccccc34)CC2)cc1.[HH].[HH]. The number of phenols is 1. The van der Waals surface area contributed by atoms with Gasteiger partial charge in [-0.25, -0.2) is 18.4 Å². The molecule has 1 aliphatic heterocycles. The van der Waals surface area contributed by atoms with Crippen LogP contribution in [-0.4, -0.2) is 54.6 Å². The number of phenolic OH excluding ortho intramolecular Hbond substituents is 1. The maximum atomic E-state index is 12.6. The summed E-state index contributed by atoms with van der Waals surface area (Å²) in [4.78, 5) is 12.5. The molecular formula is C25H29N5O3S. The first kappa shape index (κ1) is 22.1. The van der Waals surface area contributed by atoms with Gasteiger partial charge in [-0.3, -0.25) is 9.62 Å². The Kier molecular flexibility index (Phi) is 6.04. The number of aromatic nitrogens is 2. The van der Waals surface area contributed by atoms with Crippen molar-refractivity contribution in [2.24, 2.45) is 0 Å². The molecule has 9 heteroatoms. The third-order valence-electron chi connectivity index (χ3n) is 6.10. The zero-order chi connectivity index (χ0) is 23.5. The van der Waals surface area contributed by atoms with E-state index in [1.54, 1.807) is 18.2 Å². The highest BCUT2D eigenvalue weighted by molar-refractivity contribution is 7.92. The van der Waals surface area contributed by atoms with Gasteiger partial charge in [0.1, 0.15) is 17.9 Å². The number of hydrogen-bond donors (Lipinski definition) is 2. The lowest BCUT2D eigenvalue weighted by Gasteiger charge is -2.36. The number of benzene rings is 3. The molecule has 0 bridgehead atoms. The number of aromatic hydroxyl groups is 1. The lowest BCUT2D eigenvalue weighted by Crippen LogP contribution is -2.46. The Labute approximate surface area is 201 Å². The normalized spacial score (nSPS) is 14.9. The molecule has 4 aromatic rings. The van der Waals surface area contributed by atoms with Crippen LogP contribution < -0.4 is 9.62 Å². The van der Waals surface area contributed by atoms with Crippen molar-refractivity contribution in [2.45, 2.75) is 11.4 Å². The maximum Gasteiger partial charge on any atom is 0.263 e. The topological polar surface area (TPSA) is 98.7 Å². The van der Waals surface area contributed by atoms with Crippen molar-refractivity contribution in [3.63, 3.8) is 0 Å². The van der Waals surface area contributed by atoms with Crippen molar-refractivity contribution in [1.29, 1.82) is 0 Å². The standard InChI is InChI=1S/C25H25N5O3S.2H2/c31-24-10-5-19-3-1-2-4-22(19)23(24)17-29-13-15-30(16-14-29)20-6-8-21(9-7-20)34(32,33)28-25-11-12-26-18-27-25;;/h1-12,18,31H,13-17H2,(H,26,27,28);2*1H. The highest BCUT2D eigenvalue weighted by Crippen LogP contribution is 2.29. The third-order valence-corrected chi connectivity index (χ3v) is 7.47. The van der Waals surface area contributed by atoms with E-state index in [1.165, 1.54) is 18.6 Å². The molecule has 1 aromatic heterocycles. The van der Waals surface area contributed by atoms with Crippen molar-refractivity contribution in [3.05, 3.63) is 84.8 Å².